The van der Waals surface area contributed by atoms with Crippen molar-refractivity contribution in [2.75, 3.05) is 0 Å². The van der Waals surface area contributed by atoms with Crippen LogP contribution < -0.4 is 0 Å². The highest BCUT2D eigenvalue weighted by molar-refractivity contribution is 5.13. The fourth-order valence-electron chi connectivity index (χ4n) is 3.44. The van der Waals surface area contributed by atoms with Crippen LogP contribution in [0.1, 0.15) is 90.9 Å². The van der Waals surface area contributed by atoms with Crippen molar-refractivity contribution in [2.24, 2.45) is 11.8 Å². The first-order valence-electron chi connectivity index (χ1n) is 9.13. The van der Waals surface area contributed by atoms with Crippen molar-refractivity contribution in [3.8, 4) is 0 Å². The molecule has 0 nitrogen and oxygen atoms in total. The Bertz CT molecular complexity index is 274. The van der Waals surface area contributed by atoms with Gasteiger partial charge in [0.2, 0.25) is 0 Å². The molecule has 0 aromatic rings. The van der Waals surface area contributed by atoms with Crippen LogP contribution in [-0.2, 0) is 0 Å². The average molecular weight is 277 g/mol. The first-order chi connectivity index (χ1) is 9.79. The first-order valence-corrected chi connectivity index (χ1v) is 9.13. The quantitative estimate of drug-likeness (QED) is 0.280. The number of allylic oxidation sites excluding steroid dienone is 3. The van der Waals surface area contributed by atoms with Gasteiger partial charge in [0.25, 0.3) is 0 Å². The van der Waals surface area contributed by atoms with E-state index in [1.54, 1.807) is 0 Å². The van der Waals surface area contributed by atoms with Crippen LogP contribution in [0.5, 0.6) is 0 Å². The molecule has 116 valence electrons. The molecule has 0 heterocycles. The number of hydrogen-bond donors (Lipinski definition) is 0. The van der Waals surface area contributed by atoms with E-state index in [-0.39, 0.29) is 0 Å². The van der Waals surface area contributed by atoms with E-state index >= 15 is 0 Å². The van der Waals surface area contributed by atoms with Gasteiger partial charge in [-0.25, -0.2) is 0 Å². The zero-order chi connectivity index (χ0) is 14.6. The lowest BCUT2D eigenvalue weighted by Gasteiger charge is -2.17. The summed E-state index contributed by atoms with van der Waals surface area (Å²) >= 11 is 0. The SMILES string of the molecule is C=C1CCC(/C=C/CCCCCC)[C@H]1CCCCCC. The van der Waals surface area contributed by atoms with E-state index in [1.807, 2.05) is 0 Å². The van der Waals surface area contributed by atoms with Crippen LogP contribution in [0.15, 0.2) is 24.3 Å². The molecule has 0 amide bonds. The van der Waals surface area contributed by atoms with E-state index in [0.717, 1.165) is 11.8 Å². The van der Waals surface area contributed by atoms with Gasteiger partial charge in [-0.3, -0.25) is 0 Å². The molecule has 0 N–H and O–H groups in total. The Morgan fingerprint density at radius 1 is 1.00 bits per heavy atom. The molecule has 1 fully saturated rings. The normalized spacial score (nSPS) is 23.0. The van der Waals surface area contributed by atoms with Crippen molar-refractivity contribution in [3.05, 3.63) is 24.3 Å². The van der Waals surface area contributed by atoms with Crippen LogP contribution in [0.3, 0.4) is 0 Å². The third-order valence-electron chi connectivity index (χ3n) is 4.82. The molecule has 0 saturated heterocycles. The van der Waals surface area contributed by atoms with Crippen molar-refractivity contribution < 1.29 is 0 Å². The molecule has 0 aromatic heterocycles. The van der Waals surface area contributed by atoms with Crippen molar-refractivity contribution in [1.29, 1.82) is 0 Å². The van der Waals surface area contributed by atoms with Crippen LogP contribution in [0, 0.1) is 11.8 Å². The minimum absolute atomic E-state index is 0.791. The highest BCUT2D eigenvalue weighted by Gasteiger charge is 2.27. The predicted octanol–water partition coefficient (Wildman–Crippen LogP) is 7.07. The first kappa shape index (κ1) is 17.5. The molecule has 0 aromatic carbocycles. The molecule has 1 aliphatic carbocycles. The van der Waals surface area contributed by atoms with E-state index < -0.39 is 0 Å². The molecule has 1 saturated carbocycles. The molecule has 0 bridgehead atoms. The number of hydrogen-bond acceptors (Lipinski definition) is 0. The van der Waals surface area contributed by atoms with Gasteiger partial charge in [0.05, 0.1) is 0 Å². The van der Waals surface area contributed by atoms with Crippen molar-refractivity contribution in [3.63, 3.8) is 0 Å². The summed E-state index contributed by atoms with van der Waals surface area (Å²) in [5.74, 6) is 1.59. The summed E-state index contributed by atoms with van der Waals surface area (Å²) in [6.45, 7) is 8.89. The van der Waals surface area contributed by atoms with Gasteiger partial charge in [0.15, 0.2) is 0 Å². The van der Waals surface area contributed by atoms with Crippen LogP contribution in [0.4, 0.5) is 0 Å². The standard InChI is InChI=1S/C20H36/c1-4-6-8-10-11-12-14-19-17-16-18(3)20(19)15-13-9-7-5-2/h12,14,19-20H,3-11,13,15-17H2,1-2H3/b14-12+/t19?,20-/m0/s1. The summed E-state index contributed by atoms with van der Waals surface area (Å²) in [6, 6.07) is 0. The third kappa shape index (κ3) is 6.77. The van der Waals surface area contributed by atoms with E-state index in [1.165, 1.54) is 82.6 Å². The Labute approximate surface area is 127 Å². The molecular formula is C20H36. The van der Waals surface area contributed by atoms with Gasteiger partial charge >= 0.3 is 0 Å². The van der Waals surface area contributed by atoms with Gasteiger partial charge in [-0.05, 0) is 43.9 Å². The van der Waals surface area contributed by atoms with Crippen LogP contribution in [0.2, 0.25) is 0 Å². The largest absolute Gasteiger partial charge is 0.0996 e. The highest BCUT2D eigenvalue weighted by atomic mass is 14.3. The Morgan fingerprint density at radius 3 is 2.40 bits per heavy atom. The molecule has 1 unspecified atom stereocenters. The number of unbranched alkanes of at least 4 members (excludes halogenated alkanes) is 7. The zero-order valence-corrected chi connectivity index (χ0v) is 14.0. The van der Waals surface area contributed by atoms with Crippen molar-refractivity contribution in [2.45, 2.75) is 90.9 Å². The maximum absolute atomic E-state index is 4.32. The molecule has 20 heavy (non-hydrogen) atoms. The summed E-state index contributed by atoms with van der Waals surface area (Å²) in [5, 5.41) is 0. The summed E-state index contributed by atoms with van der Waals surface area (Å²) in [4.78, 5) is 0. The minimum atomic E-state index is 0.791. The fourth-order valence-corrected chi connectivity index (χ4v) is 3.44. The smallest absolute Gasteiger partial charge is 0.0143 e. The number of rotatable bonds is 11. The summed E-state index contributed by atoms with van der Waals surface area (Å²) in [7, 11) is 0. The Balaban J connectivity index is 2.24. The molecule has 2 atom stereocenters. The van der Waals surface area contributed by atoms with Gasteiger partial charge in [0, 0.05) is 0 Å². The van der Waals surface area contributed by atoms with Crippen molar-refractivity contribution in [1.82, 2.24) is 0 Å². The Morgan fingerprint density at radius 2 is 1.70 bits per heavy atom. The summed E-state index contributed by atoms with van der Waals surface area (Å²) in [5.41, 5.74) is 1.53. The monoisotopic (exact) mass is 276 g/mol. The van der Waals surface area contributed by atoms with Crippen molar-refractivity contribution >= 4 is 0 Å². The fraction of sp³-hybridized carbons (Fsp3) is 0.800. The highest BCUT2D eigenvalue weighted by Crippen LogP contribution is 2.39. The third-order valence-corrected chi connectivity index (χ3v) is 4.82. The maximum atomic E-state index is 4.32. The lowest BCUT2D eigenvalue weighted by Crippen LogP contribution is -2.06. The summed E-state index contributed by atoms with van der Waals surface area (Å²) < 4.78 is 0. The van der Waals surface area contributed by atoms with E-state index in [4.69, 9.17) is 0 Å². The topological polar surface area (TPSA) is 0 Å². The van der Waals surface area contributed by atoms with Gasteiger partial charge < -0.3 is 0 Å². The maximum Gasteiger partial charge on any atom is -0.0143 e. The zero-order valence-electron chi connectivity index (χ0n) is 14.0. The minimum Gasteiger partial charge on any atom is -0.0996 e. The molecule has 0 aliphatic heterocycles. The van der Waals surface area contributed by atoms with Gasteiger partial charge in [0.1, 0.15) is 0 Å². The predicted molar refractivity (Wildman–Crippen MR) is 92.0 cm³/mol. The van der Waals surface area contributed by atoms with Crippen LogP contribution in [0.25, 0.3) is 0 Å². The van der Waals surface area contributed by atoms with E-state index in [9.17, 15) is 0 Å². The van der Waals surface area contributed by atoms with E-state index in [2.05, 4.69) is 32.6 Å². The second-order valence-corrected chi connectivity index (χ2v) is 6.59. The van der Waals surface area contributed by atoms with Gasteiger partial charge in [-0.15, -0.1) is 0 Å². The molecule has 0 radical (unpaired) electrons. The van der Waals surface area contributed by atoms with Crippen LogP contribution >= 0.6 is 0 Å². The molecular weight excluding hydrogens is 240 g/mol. The molecule has 0 heteroatoms. The lowest BCUT2D eigenvalue weighted by molar-refractivity contribution is 0.446. The van der Waals surface area contributed by atoms with E-state index in [0.29, 0.717) is 0 Å². The van der Waals surface area contributed by atoms with Gasteiger partial charge in [-0.1, -0.05) is 83.1 Å². The Hall–Kier alpha value is -0.520. The molecule has 1 rings (SSSR count). The average Bonchev–Trinajstić information content (AvgIpc) is 2.80. The molecule has 1 aliphatic rings. The lowest BCUT2D eigenvalue weighted by atomic mass is 9.88. The Kier molecular flexibility index (Phi) is 9.79. The second-order valence-electron chi connectivity index (χ2n) is 6.59. The summed E-state index contributed by atoms with van der Waals surface area (Å²) in [6.07, 6.45) is 21.3. The van der Waals surface area contributed by atoms with Gasteiger partial charge in [-0.2, -0.15) is 0 Å². The van der Waals surface area contributed by atoms with Crippen LogP contribution in [-0.4, -0.2) is 0 Å². The second kappa shape index (κ2) is 11.2. The molecule has 0 spiro atoms.